The summed E-state index contributed by atoms with van der Waals surface area (Å²) < 4.78 is 95.4. The van der Waals surface area contributed by atoms with Crippen LogP contribution in [0, 0.1) is 0 Å². The molecular weight excluding hydrogens is 603 g/mol. The van der Waals surface area contributed by atoms with E-state index in [1.54, 1.807) is 0 Å². The van der Waals surface area contributed by atoms with Gasteiger partial charge in [0, 0.05) is 45.2 Å². The highest BCUT2D eigenvalue weighted by molar-refractivity contribution is 7.92. The number of sulfonamides is 1. The minimum Gasteiger partial charge on any atom is -0.395 e. The maximum absolute atomic E-state index is 13.7. The number of alkyl halides is 5. The van der Waals surface area contributed by atoms with Gasteiger partial charge in [-0.25, -0.2) is 27.2 Å². The molecule has 0 saturated carbocycles. The van der Waals surface area contributed by atoms with Crippen LogP contribution in [0.15, 0.2) is 24.4 Å². The van der Waals surface area contributed by atoms with Crippen molar-refractivity contribution in [1.82, 2.24) is 9.97 Å². The van der Waals surface area contributed by atoms with Crippen LogP contribution in [0.4, 0.5) is 44.8 Å². The Balaban J connectivity index is 1.65. The number of nitrogens with zero attached hydrogens (tertiary/aromatic N) is 4. The predicted octanol–water partition coefficient (Wildman–Crippen LogP) is 4.25. The summed E-state index contributed by atoms with van der Waals surface area (Å²) in [6, 6.07) is 6.29. The number of rotatable bonds is 8. The van der Waals surface area contributed by atoms with E-state index in [1.165, 1.54) is 18.2 Å². The highest BCUT2D eigenvalue weighted by atomic mass is 32.2. The lowest BCUT2D eigenvalue weighted by Crippen LogP contribution is -2.43. The first kappa shape index (κ1) is 31.9. The second-order valence-electron chi connectivity index (χ2n) is 11.3. The highest BCUT2D eigenvalue weighted by Crippen LogP contribution is 2.38. The number of nitrogens with one attached hydrogen (secondary N) is 2. The number of piperidine rings is 1. The Morgan fingerprint density at radius 1 is 1.10 bits per heavy atom. The van der Waals surface area contributed by atoms with Crippen molar-refractivity contribution in [3.63, 3.8) is 0 Å². The topological polar surface area (TPSA) is 128 Å². The molecule has 1 aromatic heterocycles. The number of anilines is 4. The van der Waals surface area contributed by atoms with Gasteiger partial charge in [-0.2, -0.15) is 13.2 Å². The average molecular weight is 637 g/mol. The molecule has 2 fully saturated rings. The highest BCUT2D eigenvalue weighted by Gasteiger charge is 2.41. The third kappa shape index (κ3) is 7.86. The molecule has 42 heavy (non-hydrogen) atoms. The number of aliphatic hydroxyl groups excluding tert-OH is 1. The molecule has 1 aromatic carbocycles. The summed E-state index contributed by atoms with van der Waals surface area (Å²) in [5.74, 6) is -5.65. The molecule has 0 unspecified atom stereocenters. The molecule has 0 radical (unpaired) electrons. The number of hydrogen-bond donors (Lipinski definition) is 3. The first-order valence-corrected chi connectivity index (χ1v) is 18.4. The van der Waals surface area contributed by atoms with Crippen molar-refractivity contribution in [3.05, 3.63) is 35.8 Å². The largest absolute Gasteiger partial charge is 0.421 e. The zero-order valence-corrected chi connectivity index (χ0v) is 25.0. The second kappa shape index (κ2) is 11.9. The van der Waals surface area contributed by atoms with Gasteiger partial charge in [-0.15, -0.1) is 0 Å². The summed E-state index contributed by atoms with van der Waals surface area (Å²) in [7, 11) is -5.25. The second-order valence-corrected chi connectivity index (χ2v) is 18.4. The summed E-state index contributed by atoms with van der Waals surface area (Å²) in [5, 5.41) is 11.7. The van der Waals surface area contributed by atoms with Crippen LogP contribution in [0.25, 0.3) is 0 Å². The Morgan fingerprint density at radius 3 is 2.33 bits per heavy atom. The van der Waals surface area contributed by atoms with Crippen molar-refractivity contribution in [2.24, 2.45) is 0 Å². The normalized spacial score (nSPS) is 19.0. The summed E-state index contributed by atoms with van der Waals surface area (Å²) in [6.07, 6.45) is -5.70. The van der Waals surface area contributed by atoms with Gasteiger partial charge in [0.2, 0.25) is 15.8 Å². The fourth-order valence-electron chi connectivity index (χ4n) is 4.81. The third-order valence-corrected chi connectivity index (χ3v) is 11.8. The van der Waals surface area contributed by atoms with Crippen molar-refractivity contribution in [2.75, 3.05) is 58.4 Å². The Labute approximate surface area is 241 Å². The van der Waals surface area contributed by atoms with E-state index >= 15 is 0 Å². The van der Waals surface area contributed by atoms with Gasteiger partial charge in [0.25, 0.3) is 11.8 Å². The van der Waals surface area contributed by atoms with Crippen molar-refractivity contribution in [3.8, 4) is 0 Å². The van der Waals surface area contributed by atoms with Crippen LogP contribution < -0.4 is 19.8 Å². The van der Waals surface area contributed by atoms with Crippen LogP contribution in [-0.2, 0) is 16.2 Å². The molecule has 3 heterocycles. The fraction of sp³-hybridized carbons (Fsp3) is 0.560. The smallest absolute Gasteiger partial charge is 0.395 e. The van der Waals surface area contributed by atoms with Crippen LogP contribution in [0.1, 0.15) is 29.0 Å². The number of amides is 1. The van der Waals surface area contributed by atoms with Gasteiger partial charge in [-0.05, 0) is 30.3 Å². The number of hydrogen-bond acceptors (Lipinski definition) is 8. The molecule has 17 heteroatoms. The average Bonchev–Trinajstić information content (AvgIpc) is 2.88. The first-order valence-electron chi connectivity index (χ1n) is 13.4. The van der Waals surface area contributed by atoms with E-state index in [1.807, 2.05) is 4.90 Å². The SMILES string of the molecule is C[Si]1(C)CCN(c2cc(NS(=O)(=O)CCO)ccc2NC(=O)c2ncc(C(F)(F)F)c(N3CCC(F)(F)CC3)n2)CC1. The third-order valence-electron chi connectivity index (χ3n) is 7.41. The molecule has 0 aliphatic carbocycles. The van der Waals surface area contributed by atoms with E-state index in [4.69, 9.17) is 5.11 Å². The van der Waals surface area contributed by atoms with Gasteiger partial charge < -0.3 is 20.2 Å². The van der Waals surface area contributed by atoms with E-state index in [2.05, 4.69) is 33.1 Å². The number of halogens is 5. The molecule has 4 rings (SSSR count). The minimum atomic E-state index is -4.87. The molecule has 2 aliphatic heterocycles. The molecule has 2 aromatic rings. The number of aliphatic hydroxyl groups is 1. The molecule has 10 nitrogen and oxygen atoms in total. The zero-order valence-electron chi connectivity index (χ0n) is 23.1. The molecule has 0 bridgehead atoms. The number of aromatic nitrogens is 2. The molecule has 232 valence electrons. The molecule has 2 aliphatic rings. The minimum absolute atomic E-state index is 0.202. The van der Waals surface area contributed by atoms with Gasteiger partial charge in [-0.1, -0.05) is 13.1 Å². The Bertz CT molecular complexity index is 1410. The lowest BCUT2D eigenvalue weighted by molar-refractivity contribution is -0.137. The van der Waals surface area contributed by atoms with Gasteiger partial charge in [-0.3, -0.25) is 9.52 Å². The molecule has 0 atom stereocenters. The number of carbonyl (C=O) groups excluding carboxylic acids is 1. The molecule has 0 spiro atoms. The molecular formula is C25H33F5N6O4SSi. The maximum Gasteiger partial charge on any atom is 0.421 e. The summed E-state index contributed by atoms with van der Waals surface area (Å²) in [4.78, 5) is 23.8. The van der Waals surface area contributed by atoms with E-state index in [-0.39, 0.29) is 24.5 Å². The quantitative estimate of drug-likeness (QED) is 0.290. The summed E-state index contributed by atoms with van der Waals surface area (Å²) >= 11 is 0. The van der Waals surface area contributed by atoms with E-state index in [0.29, 0.717) is 25.0 Å². The van der Waals surface area contributed by atoms with E-state index in [0.717, 1.165) is 17.0 Å². The van der Waals surface area contributed by atoms with Gasteiger partial charge >= 0.3 is 6.18 Å². The summed E-state index contributed by atoms with van der Waals surface area (Å²) in [5.41, 5.74) is -0.283. The Morgan fingerprint density at radius 2 is 1.74 bits per heavy atom. The molecule has 2 saturated heterocycles. The van der Waals surface area contributed by atoms with Crippen LogP contribution >= 0.6 is 0 Å². The van der Waals surface area contributed by atoms with Crippen LogP contribution in [0.3, 0.4) is 0 Å². The van der Waals surface area contributed by atoms with Crippen molar-refractivity contribution in [2.45, 2.75) is 50.1 Å². The van der Waals surface area contributed by atoms with Crippen LogP contribution in [-0.4, -0.2) is 81.9 Å². The Hall–Kier alpha value is -3.05. The van der Waals surface area contributed by atoms with Gasteiger partial charge in [0.05, 0.1) is 37.5 Å². The lowest BCUT2D eigenvalue weighted by atomic mass is 10.1. The lowest BCUT2D eigenvalue weighted by Gasteiger charge is -2.38. The maximum atomic E-state index is 13.7. The Kier molecular flexibility index (Phi) is 9.04. The zero-order chi connectivity index (χ0) is 30.9. The monoisotopic (exact) mass is 636 g/mol. The van der Waals surface area contributed by atoms with Crippen molar-refractivity contribution >= 4 is 46.9 Å². The van der Waals surface area contributed by atoms with Crippen molar-refractivity contribution < 1.29 is 40.3 Å². The van der Waals surface area contributed by atoms with E-state index < -0.39 is 78.5 Å². The molecule has 1 amide bonds. The number of benzene rings is 1. The predicted molar refractivity (Wildman–Crippen MR) is 152 cm³/mol. The summed E-state index contributed by atoms with van der Waals surface area (Å²) in [6.45, 7) is 4.49. The number of carbonyl (C=O) groups is 1. The first-order chi connectivity index (χ1) is 19.5. The van der Waals surface area contributed by atoms with Gasteiger partial charge in [0.15, 0.2) is 0 Å². The van der Waals surface area contributed by atoms with E-state index in [9.17, 15) is 35.2 Å². The fourth-order valence-corrected chi connectivity index (χ4v) is 7.64. The molecule has 3 N–H and O–H groups in total. The van der Waals surface area contributed by atoms with Crippen molar-refractivity contribution in [1.29, 1.82) is 0 Å². The van der Waals surface area contributed by atoms with Gasteiger partial charge in [0.1, 0.15) is 11.4 Å². The van der Waals surface area contributed by atoms with Crippen LogP contribution in [0.5, 0.6) is 0 Å². The standard InChI is InChI=1S/C25H33F5N6O4SSi/c1-42(2)13-9-35(10-14-42)20-15-17(34-41(39,40)12-11-37)3-4-19(20)32-23(38)21-31-16-18(25(28,29)30)22(33-21)36-7-5-24(26,27)6-8-36/h3-4,15-16,34,37H,5-14H2,1-2H3,(H,32,38). The van der Waals surface area contributed by atoms with Crippen LogP contribution in [0.2, 0.25) is 25.2 Å².